The van der Waals surface area contributed by atoms with Crippen LogP contribution in [0.1, 0.15) is 89.2 Å². The molecule has 0 amide bonds. The first kappa shape index (κ1) is 53.4. The van der Waals surface area contributed by atoms with Gasteiger partial charge in [-0.15, -0.1) is 0 Å². The van der Waals surface area contributed by atoms with Gasteiger partial charge in [-0.3, -0.25) is 0 Å². The Morgan fingerprint density at radius 3 is 1.55 bits per heavy atom. The van der Waals surface area contributed by atoms with E-state index < -0.39 is 17.0 Å². The number of rotatable bonds is 15. The van der Waals surface area contributed by atoms with Crippen molar-refractivity contribution >= 4 is 72.1 Å². The van der Waals surface area contributed by atoms with Crippen molar-refractivity contribution in [1.82, 2.24) is 9.13 Å². The second-order valence-corrected chi connectivity index (χ2v) is 24.3. The number of anilines is 1. The number of fused-ring (bicyclic) bond motifs is 12. The maximum absolute atomic E-state index is 15.6. The Labute approximate surface area is 513 Å². The van der Waals surface area contributed by atoms with Crippen LogP contribution in [0.5, 0.6) is 11.5 Å². The van der Waals surface area contributed by atoms with E-state index in [0.717, 1.165) is 59.2 Å². The second-order valence-electron chi connectivity index (χ2n) is 24.3. The highest BCUT2D eigenvalue weighted by Crippen LogP contribution is 2.54. The van der Waals surface area contributed by atoms with Gasteiger partial charge in [-0.1, -0.05) is 189 Å². The Morgan fingerprint density at radius 1 is 0.489 bits per heavy atom. The molecule has 2 aromatic heterocycles. The zero-order chi connectivity index (χ0) is 58.8. The number of carbonyl (C=O) groups excluding carboxylic acids is 1. The molecular formula is C81H67N3O4. The lowest BCUT2D eigenvalue weighted by molar-refractivity contribution is 0.0487. The minimum atomic E-state index is -0.997. The van der Waals surface area contributed by atoms with E-state index in [9.17, 15) is 0 Å². The van der Waals surface area contributed by atoms with Crippen molar-refractivity contribution in [3.63, 3.8) is 0 Å². The van der Waals surface area contributed by atoms with E-state index in [0.29, 0.717) is 42.1 Å². The summed E-state index contributed by atoms with van der Waals surface area (Å²) >= 11 is 0. The standard InChI is InChI=1S/C81H67N3O4/c1-80(70-53-59(83-72-34-15-11-28-63(72)64-29-12-16-35-73(64)83)42-44-61(70)62-45-43-60(54-71(62)80)84-74-36-17-13-30-65(74)66-31-14-18-37-75(66)84)47-22-52-87-79(85)76-69-46-48-81(56-26-7-3-8-27-56,57-38-40-58(41-39-57)82-49-19-4-20-50-82)88-77(69)67-32-9-10-33-68(67)78(76)86-51-21-25-55-23-5-2-6-24-55/h2-3,5-18,23-24,26-46,48,53-54H,4,19-22,25,47,49-52H2,1H3. The Balaban J connectivity index is 0.775. The van der Waals surface area contributed by atoms with Gasteiger partial charge in [0.05, 0.1) is 35.3 Å². The van der Waals surface area contributed by atoms with E-state index in [-0.39, 0.29) is 6.61 Å². The van der Waals surface area contributed by atoms with E-state index >= 15 is 4.79 Å². The first-order valence-corrected chi connectivity index (χ1v) is 31.4. The van der Waals surface area contributed by atoms with Crippen molar-refractivity contribution in [2.75, 3.05) is 31.2 Å². The highest BCUT2D eigenvalue weighted by Gasteiger charge is 2.42. The van der Waals surface area contributed by atoms with Crippen molar-refractivity contribution in [1.29, 1.82) is 0 Å². The van der Waals surface area contributed by atoms with Crippen molar-refractivity contribution in [3.05, 3.63) is 288 Å². The molecule has 3 aliphatic rings. The summed E-state index contributed by atoms with van der Waals surface area (Å²) in [5, 5.41) is 6.58. The summed E-state index contributed by atoms with van der Waals surface area (Å²) < 4.78 is 26.0. The molecule has 0 saturated carbocycles. The molecule has 88 heavy (non-hydrogen) atoms. The van der Waals surface area contributed by atoms with Gasteiger partial charge in [-0.05, 0) is 146 Å². The molecule has 2 aliphatic heterocycles. The highest BCUT2D eigenvalue weighted by molar-refractivity contribution is 6.11. The molecule has 1 atom stereocenters. The molecule has 1 fully saturated rings. The third-order valence-electron chi connectivity index (χ3n) is 19.2. The summed E-state index contributed by atoms with van der Waals surface area (Å²) in [5.41, 5.74) is 15.9. The number of ether oxygens (including phenoxy) is 3. The van der Waals surface area contributed by atoms with E-state index in [4.69, 9.17) is 14.2 Å². The lowest BCUT2D eigenvalue weighted by atomic mass is 9.76. The van der Waals surface area contributed by atoms with Crippen LogP contribution in [0.15, 0.2) is 249 Å². The van der Waals surface area contributed by atoms with Gasteiger partial charge >= 0.3 is 5.97 Å². The average molecular weight is 1150 g/mol. The Bertz CT molecular complexity index is 4590. The van der Waals surface area contributed by atoms with Crippen molar-refractivity contribution in [2.24, 2.45) is 0 Å². The Kier molecular flexibility index (Phi) is 13.3. The molecule has 0 N–H and O–H groups in total. The van der Waals surface area contributed by atoms with Gasteiger partial charge in [0.2, 0.25) is 0 Å². The Morgan fingerprint density at radius 2 is 0.977 bits per heavy atom. The summed E-state index contributed by atoms with van der Waals surface area (Å²) in [4.78, 5) is 18.1. The molecular weight excluding hydrogens is 1080 g/mol. The molecule has 4 heterocycles. The lowest BCUT2D eigenvalue weighted by Gasteiger charge is -2.38. The van der Waals surface area contributed by atoms with Gasteiger partial charge in [0.25, 0.3) is 0 Å². The van der Waals surface area contributed by atoms with E-state index in [2.05, 4.69) is 251 Å². The van der Waals surface area contributed by atoms with Gasteiger partial charge < -0.3 is 28.2 Å². The number of aryl methyl sites for hydroxylation is 1. The fraction of sp³-hybridized carbons (Fsp3) is 0.173. The molecule has 11 aromatic carbocycles. The number of piperidine rings is 1. The van der Waals surface area contributed by atoms with Gasteiger partial charge in [-0.25, -0.2) is 4.79 Å². The van der Waals surface area contributed by atoms with Crippen LogP contribution in [0, 0.1) is 0 Å². The largest absolute Gasteiger partial charge is 0.492 e. The van der Waals surface area contributed by atoms with Crippen LogP contribution >= 0.6 is 0 Å². The monoisotopic (exact) mass is 1150 g/mol. The normalized spacial score (nSPS) is 15.8. The fourth-order valence-electron chi connectivity index (χ4n) is 14.9. The maximum Gasteiger partial charge on any atom is 0.342 e. The number of hydrogen-bond donors (Lipinski definition) is 0. The third-order valence-corrected chi connectivity index (χ3v) is 19.2. The van der Waals surface area contributed by atoms with Crippen molar-refractivity contribution in [2.45, 2.75) is 62.9 Å². The first-order valence-electron chi connectivity index (χ1n) is 31.4. The summed E-state index contributed by atoms with van der Waals surface area (Å²) in [6, 6.07) is 87.0. The predicted molar refractivity (Wildman–Crippen MR) is 360 cm³/mol. The SMILES string of the molecule is CC1(CCCOC(=O)c2c3c(c4ccccc4c2OCCCc2ccccc2)OC(c2ccccc2)(c2ccc(N4CCCCC4)cc2)C=C3)c2cc(-n3c4ccccc4c4ccccc43)ccc2-c2ccc(-n3c4ccccc4c4ccccc43)cc21. The highest BCUT2D eigenvalue weighted by atomic mass is 16.5. The third kappa shape index (κ3) is 8.88. The zero-order valence-corrected chi connectivity index (χ0v) is 49.5. The fourth-order valence-corrected chi connectivity index (χ4v) is 14.9. The number of para-hydroxylation sites is 4. The van der Waals surface area contributed by atoms with Gasteiger partial charge in [0, 0.05) is 84.6 Å². The predicted octanol–water partition coefficient (Wildman–Crippen LogP) is 19.3. The van der Waals surface area contributed by atoms with Crippen molar-refractivity contribution in [3.8, 4) is 34.0 Å². The van der Waals surface area contributed by atoms with Gasteiger partial charge in [0.15, 0.2) is 5.60 Å². The number of nitrogens with zero attached hydrogens (tertiary/aromatic N) is 3. The minimum Gasteiger partial charge on any atom is -0.492 e. The topological polar surface area (TPSA) is 57.9 Å². The number of carbonyl (C=O) groups is 1. The van der Waals surface area contributed by atoms with E-state index in [1.54, 1.807) is 0 Å². The minimum absolute atomic E-state index is 0.190. The molecule has 1 aliphatic carbocycles. The first-order chi connectivity index (χ1) is 43.4. The molecule has 0 radical (unpaired) electrons. The van der Waals surface area contributed by atoms with Crippen LogP contribution in [0.4, 0.5) is 5.69 Å². The van der Waals surface area contributed by atoms with Crippen LogP contribution in [0.25, 0.3) is 83.0 Å². The van der Waals surface area contributed by atoms with E-state index in [1.807, 2.05) is 24.3 Å². The summed E-state index contributed by atoms with van der Waals surface area (Å²) in [6.45, 7) is 5.12. The molecule has 0 bridgehead atoms. The smallest absolute Gasteiger partial charge is 0.342 e. The van der Waals surface area contributed by atoms with Gasteiger partial charge in [0.1, 0.15) is 17.1 Å². The van der Waals surface area contributed by atoms with Crippen LogP contribution in [0.3, 0.4) is 0 Å². The lowest BCUT2D eigenvalue weighted by Crippen LogP contribution is -2.35. The molecule has 13 aromatic rings. The van der Waals surface area contributed by atoms with Crippen LogP contribution in [0.2, 0.25) is 0 Å². The Hall–Kier alpha value is -10.1. The van der Waals surface area contributed by atoms with E-state index in [1.165, 1.54) is 96.4 Å². The summed E-state index contributed by atoms with van der Waals surface area (Å²) in [7, 11) is 0. The zero-order valence-electron chi connectivity index (χ0n) is 49.5. The maximum atomic E-state index is 15.6. The number of benzene rings is 11. The number of aromatic nitrogens is 2. The summed E-state index contributed by atoms with van der Waals surface area (Å²) in [6.07, 6.45) is 10.8. The average Bonchev–Trinajstić information content (AvgIpc) is 1.56. The number of esters is 1. The molecule has 7 nitrogen and oxygen atoms in total. The summed E-state index contributed by atoms with van der Waals surface area (Å²) in [5.74, 6) is 0.695. The van der Waals surface area contributed by atoms with Crippen molar-refractivity contribution < 1.29 is 19.0 Å². The quantitative estimate of drug-likeness (QED) is 0.0756. The second kappa shape index (κ2) is 22.0. The molecule has 430 valence electrons. The van der Waals surface area contributed by atoms with Crippen LogP contribution in [-0.2, 0) is 22.2 Å². The van der Waals surface area contributed by atoms with Crippen LogP contribution in [-0.4, -0.2) is 41.4 Å². The molecule has 1 unspecified atom stereocenters. The molecule has 16 rings (SSSR count). The molecule has 1 saturated heterocycles. The number of hydrogen-bond acceptors (Lipinski definition) is 5. The van der Waals surface area contributed by atoms with Crippen LogP contribution < -0.4 is 14.4 Å². The molecule has 7 heteroatoms. The molecule has 0 spiro atoms. The van der Waals surface area contributed by atoms with Gasteiger partial charge in [-0.2, -0.15) is 0 Å².